The topological polar surface area (TPSA) is 133 Å². The molecular formula is C42H53N13. The number of hydrogen-bond donors (Lipinski definition) is 1. The van der Waals surface area contributed by atoms with Crippen molar-refractivity contribution < 1.29 is 0 Å². The van der Waals surface area contributed by atoms with Crippen LogP contribution in [0.5, 0.6) is 0 Å². The first-order valence-corrected chi connectivity index (χ1v) is 19.6. The molecule has 8 heterocycles. The summed E-state index contributed by atoms with van der Waals surface area (Å²) in [5.74, 6) is 2.84. The lowest BCUT2D eigenvalue weighted by atomic mass is 9.92. The van der Waals surface area contributed by atoms with E-state index in [9.17, 15) is 0 Å². The monoisotopic (exact) mass is 739 g/mol. The molecule has 13 heteroatoms. The van der Waals surface area contributed by atoms with E-state index in [-0.39, 0.29) is 0 Å². The lowest BCUT2D eigenvalue weighted by Gasteiger charge is -2.30. The highest BCUT2D eigenvalue weighted by Crippen LogP contribution is 2.34. The Labute approximate surface area is 324 Å². The molecule has 6 aromatic rings. The predicted octanol–water partition coefficient (Wildman–Crippen LogP) is 6.56. The number of nitrogens with zero attached hydrogens (tertiary/aromatic N) is 12. The average Bonchev–Trinajstić information content (AvgIpc) is 3.81. The molecule has 0 aromatic carbocycles. The van der Waals surface area contributed by atoms with Gasteiger partial charge in [-0.2, -0.15) is 5.26 Å². The Morgan fingerprint density at radius 3 is 1.60 bits per heavy atom. The summed E-state index contributed by atoms with van der Waals surface area (Å²) in [6, 6.07) is 11.0. The summed E-state index contributed by atoms with van der Waals surface area (Å²) in [5, 5.41) is 12.3. The standard InChI is InChI=1S/C22H27N7.C20H26N6/c1-4-16-11-18(17-5-8-29(9-6-17)10-7-23)24-14-21(16)28(3)22-12-20-19(13-25-22)26-15-27(20)2;1-4-14-9-16(15-5-7-21-8-6-15)22-12-19(14)26(3)20-10-18-17(11-23-20)24-13-25(18)2/h11-15,17H,4-6,8-10H2,1-3H3;9-13,15,21H,4-8H2,1-3H3. The van der Waals surface area contributed by atoms with Gasteiger partial charge in [0.1, 0.15) is 22.7 Å². The van der Waals surface area contributed by atoms with E-state index >= 15 is 0 Å². The smallest absolute Gasteiger partial charge is 0.134 e. The summed E-state index contributed by atoms with van der Waals surface area (Å²) in [6.45, 7) is 9.03. The highest BCUT2D eigenvalue weighted by atomic mass is 15.2. The van der Waals surface area contributed by atoms with Crippen molar-refractivity contribution in [2.75, 3.05) is 56.6 Å². The maximum absolute atomic E-state index is 8.89. The van der Waals surface area contributed by atoms with Crippen LogP contribution in [0, 0.1) is 11.3 Å². The van der Waals surface area contributed by atoms with Crippen molar-refractivity contribution >= 4 is 45.1 Å². The lowest BCUT2D eigenvalue weighted by Crippen LogP contribution is -2.33. The highest BCUT2D eigenvalue weighted by molar-refractivity contribution is 5.80. The number of rotatable bonds is 9. The molecule has 0 spiro atoms. The normalized spacial score (nSPS) is 15.5. The van der Waals surface area contributed by atoms with Crippen molar-refractivity contribution in [2.24, 2.45) is 14.1 Å². The van der Waals surface area contributed by atoms with Crippen LogP contribution >= 0.6 is 0 Å². The minimum Gasteiger partial charge on any atom is -0.334 e. The van der Waals surface area contributed by atoms with Gasteiger partial charge in [0.25, 0.3) is 0 Å². The third-order valence-corrected chi connectivity index (χ3v) is 11.4. The number of aryl methyl sites for hydroxylation is 4. The number of pyridine rings is 4. The van der Waals surface area contributed by atoms with Crippen LogP contribution in [0.25, 0.3) is 22.1 Å². The minimum absolute atomic E-state index is 0.471. The maximum atomic E-state index is 8.89. The summed E-state index contributed by atoms with van der Waals surface area (Å²) in [7, 11) is 8.10. The van der Waals surface area contributed by atoms with Gasteiger partial charge in [-0.3, -0.25) is 14.9 Å². The Balaban J connectivity index is 0.000000170. The number of anilines is 4. The first-order valence-electron chi connectivity index (χ1n) is 19.6. The molecule has 1 N–H and O–H groups in total. The SMILES string of the molecule is CCc1cc(C2CCN(CC#N)CC2)ncc1N(C)c1cc2c(cn1)ncn2C.CCc1cc(C2CCNCC2)ncc1N(C)c1cc2c(cn1)ncn2C. The number of hydrogen-bond acceptors (Lipinski definition) is 11. The fourth-order valence-corrected chi connectivity index (χ4v) is 7.89. The molecule has 0 bridgehead atoms. The van der Waals surface area contributed by atoms with Gasteiger partial charge in [0.15, 0.2) is 0 Å². The maximum Gasteiger partial charge on any atom is 0.134 e. The van der Waals surface area contributed by atoms with E-state index < -0.39 is 0 Å². The van der Waals surface area contributed by atoms with Crippen molar-refractivity contribution in [3.8, 4) is 6.07 Å². The van der Waals surface area contributed by atoms with Crippen LogP contribution in [0.1, 0.15) is 73.9 Å². The summed E-state index contributed by atoms with van der Waals surface area (Å²) in [5.41, 5.74) is 11.2. The number of nitriles is 1. The molecule has 0 atom stereocenters. The molecule has 2 aliphatic rings. The molecule has 8 rings (SSSR count). The average molecular weight is 740 g/mol. The van der Waals surface area contributed by atoms with Gasteiger partial charge in [-0.25, -0.2) is 19.9 Å². The number of piperidine rings is 2. The zero-order chi connectivity index (χ0) is 38.5. The zero-order valence-corrected chi connectivity index (χ0v) is 33.1. The van der Waals surface area contributed by atoms with Crippen LogP contribution in [0.4, 0.5) is 23.0 Å². The van der Waals surface area contributed by atoms with Gasteiger partial charge in [0.05, 0.1) is 72.5 Å². The Bertz CT molecular complexity index is 2270. The van der Waals surface area contributed by atoms with Crippen LogP contribution in [-0.2, 0) is 26.9 Å². The predicted molar refractivity (Wildman–Crippen MR) is 219 cm³/mol. The molecule has 13 nitrogen and oxygen atoms in total. The molecule has 2 saturated heterocycles. The molecule has 55 heavy (non-hydrogen) atoms. The fraction of sp³-hybridized carbons (Fsp3) is 0.452. The van der Waals surface area contributed by atoms with Crippen molar-refractivity contribution in [1.82, 2.24) is 49.3 Å². The third kappa shape index (κ3) is 8.16. The molecule has 286 valence electrons. The van der Waals surface area contributed by atoms with Gasteiger partial charge in [-0.15, -0.1) is 0 Å². The van der Waals surface area contributed by atoms with Gasteiger partial charge < -0.3 is 24.3 Å². The first-order chi connectivity index (χ1) is 26.8. The van der Waals surface area contributed by atoms with Gasteiger partial charge in [0.2, 0.25) is 0 Å². The highest BCUT2D eigenvalue weighted by Gasteiger charge is 2.23. The molecule has 2 fully saturated rings. The Hall–Kier alpha value is -5.45. The minimum atomic E-state index is 0.471. The molecule has 0 radical (unpaired) electrons. The number of nitrogens with one attached hydrogen (secondary N) is 1. The number of fused-ring (bicyclic) bond motifs is 2. The Morgan fingerprint density at radius 1 is 0.673 bits per heavy atom. The second-order valence-corrected chi connectivity index (χ2v) is 14.8. The van der Waals surface area contributed by atoms with E-state index in [0.717, 1.165) is 96.9 Å². The van der Waals surface area contributed by atoms with E-state index in [1.54, 1.807) is 0 Å². The van der Waals surface area contributed by atoms with Gasteiger partial charge >= 0.3 is 0 Å². The van der Waals surface area contributed by atoms with Crippen molar-refractivity contribution in [3.63, 3.8) is 0 Å². The summed E-state index contributed by atoms with van der Waals surface area (Å²) < 4.78 is 4.03. The molecular weight excluding hydrogens is 687 g/mol. The molecule has 0 amide bonds. The van der Waals surface area contributed by atoms with Gasteiger partial charge in [0, 0.05) is 63.5 Å². The Kier molecular flexibility index (Phi) is 11.6. The van der Waals surface area contributed by atoms with E-state index in [4.69, 9.17) is 15.2 Å². The van der Waals surface area contributed by atoms with Crippen molar-refractivity contribution in [1.29, 1.82) is 5.26 Å². The van der Waals surface area contributed by atoms with Crippen LogP contribution < -0.4 is 15.1 Å². The quantitative estimate of drug-likeness (QED) is 0.162. The van der Waals surface area contributed by atoms with Crippen LogP contribution in [-0.4, -0.2) is 90.8 Å². The summed E-state index contributed by atoms with van der Waals surface area (Å²) in [4.78, 5) is 34.0. The van der Waals surface area contributed by atoms with E-state index in [2.05, 4.69) is 91.2 Å². The molecule has 0 aliphatic carbocycles. The third-order valence-electron chi connectivity index (χ3n) is 11.4. The number of aromatic nitrogens is 8. The summed E-state index contributed by atoms with van der Waals surface area (Å²) >= 11 is 0. The number of imidazole rings is 2. The number of likely N-dealkylation sites (tertiary alicyclic amines) is 1. The van der Waals surface area contributed by atoms with Crippen molar-refractivity contribution in [2.45, 2.75) is 64.2 Å². The van der Waals surface area contributed by atoms with Crippen molar-refractivity contribution in [3.05, 3.63) is 84.2 Å². The first kappa shape index (κ1) is 37.8. The van der Waals surface area contributed by atoms with E-state index in [1.807, 2.05) is 67.7 Å². The van der Waals surface area contributed by atoms with Crippen LogP contribution in [0.15, 0.2) is 61.7 Å². The fourth-order valence-electron chi connectivity index (χ4n) is 7.89. The zero-order valence-electron chi connectivity index (χ0n) is 33.1. The van der Waals surface area contributed by atoms with Gasteiger partial charge in [-0.05, 0) is 88.0 Å². The Morgan fingerprint density at radius 2 is 1.15 bits per heavy atom. The second-order valence-electron chi connectivity index (χ2n) is 14.8. The van der Waals surface area contributed by atoms with E-state index in [1.165, 1.54) is 35.4 Å². The van der Waals surface area contributed by atoms with Crippen LogP contribution in [0.3, 0.4) is 0 Å². The van der Waals surface area contributed by atoms with Crippen LogP contribution in [0.2, 0.25) is 0 Å². The lowest BCUT2D eigenvalue weighted by molar-refractivity contribution is 0.233. The molecule has 6 aromatic heterocycles. The molecule has 0 unspecified atom stereocenters. The molecule has 0 saturated carbocycles. The van der Waals surface area contributed by atoms with E-state index in [0.29, 0.717) is 18.4 Å². The summed E-state index contributed by atoms with van der Waals surface area (Å²) in [6.07, 6.45) is 17.7. The second kappa shape index (κ2) is 16.9. The molecule has 2 aliphatic heterocycles. The largest absolute Gasteiger partial charge is 0.334 e. The van der Waals surface area contributed by atoms with Gasteiger partial charge in [-0.1, -0.05) is 13.8 Å².